The maximum absolute atomic E-state index is 11.6. The van der Waals surface area contributed by atoms with E-state index in [1.54, 1.807) is 0 Å². The molecule has 0 amide bonds. The number of esters is 1. The molecule has 1 fully saturated rings. The highest BCUT2D eigenvalue weighted by Crippen LogP contribution is 2.41. The molecule has 0 aliphatic heterocycles. The molecule has 4 nitrogen and oxygen atoms in total. The standard InChI is InChI=1S/C16H19NO3/c17-12-16(20-15(19)11-18,13-7-3-1-4-8-13)14-9-5-2-6-10-14/h1,3-4,7-8,14,18H,2,5-6,9-11H2/t16-/m0/s1. The van der Waals surface area contributed by atoms with Crippen molar-refractivity contribution in [1.29, 1.82) is 5.26 Å². The average molecular weight is 273 g/mol. The van der Waals surface area contributed by atoms with Crippen molar-refractivity contribution in [3.05, 3.63) is 35.9 Å². The molecule has 0 unspecified atom stereocenters. The zero-order chi connectivity index (χ0) is 14.4. The molecule has 0 aromatic heterocycles. The molecule has 2 rings (SSSR count). The van der Waals surface area contributed by atoms with E-state index < -0.39 is 18.2 Å². The normalized spacial score (nSPS) is 18.8. The third-order valence-corrected chi connectivity index (χ3v) is 3.95. The van der Waals surface area contributed by atoms with Gasteiger partial charge in [0, 0.05) is 11.5 Å². The van der Waals surface area contributed by atoms with Crippen molar-refractivity contribution in [2.24, 2.45) is 5.92 Å². The Balaban J connectivity index is 2.40. The van der Waals surface area contributed by atoms with Gasteiger partial charge in [-0.25, -0.2) is 4.79 Å². The first kappa shape index (κ1) is 14.5. The van der Waals surface area contributed by atoms with Crippen molar-refractivity contribution in [3.63, 3.8) is 0 Å². The number of nitrogens with zero attached hydrogens (tertiary/aromatic N) is 1. The van der Waals surface area contributed by atoms with Crippen LogP contribution in [-0.4, -0.2) is 17.7 Å². The Bertz CT molecular complexity index is 488. The summed E-state index contributed by atoms with van der Waals surface area (Å²) in [5.74, 6) is -0.764. The van der Waals surface area contributed by atoms with Crippen LogP contribution >= 0.6 is 0 Å². The molecule has 0 heterocycles. The largest absolute Gasteiger partial charge is 0.437 e. The van der Waals surface area contributed by atoms with Crippen LogP contribution in [0.2, 0.25) is 0 Å². The number of hydrogen-bond donors (Lipinski definition) is 1. The Morgan fingerprint density at radius 2 is 1.95 bits per heavy atom. The van der Waals surface area contributed by atoms with E-state index in [9.17, 15) is 10.1 Å². The van der Waals surface area contributed by atoms with Gasteiger partial charge in [-0.2, -0.15) is 5.26 Å². The van der Waals surface area contributed by atoms with Gasteiger partial charge in [-0.05, 0) is 12.8 Å². The minimum atomic E-state index is -1.28. The van der Waals surface area contributed by atoms with Crippen LogP contribution in [0, 0.1) is 17.2 Å². The Morgan fingerprint density at radius 1 is 1.30 bits per heavy atom. The fourth-order valence-electron chi connectivity index (χ4n) is 2.96. The first-order valence-corrected chi connectivity index (χ1v) is 7.02. The van der Waals surface area contributed by atoms with Crippen molar-refractivity contribution < 1.29 is 14.6 Å². The van der Waals surface area contributed by atoms with E-state index in [4.69, 9.17) is 9.84 Å². The summed E-state index contributed by atoms with van der Waals surface area (Å²) in [6.07, 6.45) is 4.96. The number of benzene rings is 1. The minimum Gasteiger partial charge on any atom is -0.437 e. The molecule has 0 spiro atoms. The monoisotopic (exact) mass is 273 g/mol. The number of aliphatic hydroxyl groups excluding tert-OH is 1. The number of rotatable bonds is 4. The number of ether oxygens (including phenoxy) is 1. The van der Waals surface area contributed by atoms with Crippen molar-refractivity contribution in [2.75, 3.05) is 6.61 Å². The summed E-state index contributed by atoms with van der Waals surface area (Å²) in [5, 5.41) is 18.7. The lowest BCUT2D eigenvalue weighted by Gasteiger charge is -2.36. The van der Waals surface area contributed by atoms with Crippen LogP contribution in [-0.2, 0) is 15.1 Å². The van der Waals surface area contributed by atoms with Crippen molar-refractivity contribution >= 4 is 5.97 Å². The second-order valence-corrected chi connectivity index (χ2v) is 5.18. The number of carbonyl (C=O) groups is 1. The molecule has 1 aromatic rings. The predicted molar refractivity (Wildman–Crippen MR) is 73.5 cm³/mol. The molecular weight excluding hydrogens is 254 g/mol. The second kappa shape index (κ2) is 6.53. The Hall–Kier alpha value is -1.86. The molecule has 1 N–H and O–H groups in total. The first-order chi connectivity index (χ1) is 9.73. The SMILES string of the molecule is N#C[C@](OC(=O)CO)(c1ccccc1)C1CCCCC1. The number of carbonyl (C=O) groups excluding carboxylic acids is 1. The molecule has 1 saturated carbocycles. The quantitative estimate of drug-likeness (QED) is 0.856. The van der Waals surface area contributed by atoms with Crippen LogP contribution in [0.5, 0.6) is 0 Å². The molecule has 1 aliphatic rings. The van der Waals surface area contributed by atoms with Crippen molar-refractivity contribution in [3.8, 4) is 6.07 Å². The van der Waals surface area contributed by atoms with Crippen molar-refractivity contribution in [1.82, 2.24) is 0 Å². The molecule has 0 saturated heterocycles. The maximum atomic E-state index is 11.6. The summed E-state index contributed by atoms with van der Waals surface area (Å²) in [6.45, 7) is -0.705. The van der Waals surface area contributed by atoms with Gasteiger partial charge >= 0.3 is 5.97 Å². The van der Waals surface area contributed by atoms with Crippen LogP contribution in [0.1, 0.15) is 37.7 Å². The van der Waals surface area contributed by atoms with Gasteiger partial charge in [0.2, 0.25) is 5.60 Å². The minimum absolute atomic E-state index is 0.0147. The van der Waals surface area contributed by atoms with Crippen LogP contribution in [0.25, 0.3) is 0 Å². The predicted octanol–water partition coefficient (Wildman–Crippen LogP) is 2.52. The highest BCUT2D eigenvalue weighted by Gasteiger charge is 2.44. The Kier molecular flexibility index (Phi) is 4.75. The molecule has 0 bridgehead atoms. The van der Waals surface area contributed by atoms with Gasteiger partial charge in [0.05, 0.1) is 0 Å². The van der Waals surface area contributed by atoms with Gasteiger partial charge in [0.1, 0.15) is 12.7 Å². The fraction of sp³-hybridized carbons (Fsp3) is 0.500. The highest BCUT2D eigenvalue weighted by molar-refractivity contribution is 5.71. The summed E-state index contributed by atoms with van der Waals surface area (Å²) in [5.41, 5.74) is -0.585. The molecule has 1 aromatic carbocycles. The molecule has 1 atom stereocenters. The summed E-state index contributed by atoms with van der Waals surface area (Å²) >= 11 is 0. The molecule has 106 valence electrons. The number of nitriles is 1. The number of aliphatic hydroxyl groups is 1. The fourth-order valence-corrected chi connectivity index (χ4v) is 2.96. The zero-order valence-electron chi connectivity index (χ0n) is 11.4. The van der Waals surface area contributed by atoms with Gasteiger partial charge in [-0.3, -0.25) is 0 Å². The first-order valence-electron chi connectivity index (χ1n) is 7.02. The van der Waals surface area contributed by atoms with Crippen LogP contribution in [0.3, 0.4) is 0 Å². The summed E-state index contributed by atoms with van der Waals surface area (Å²) in [7, 11) is 0. The Morgan fingerprint density at radius 3 is 2.50 bits per heavy atom. The molecular formula is C16H19NO3. The lowest BCUT2D eigenvalue weighted by atomic mass is 9.74. The smallest absolute Gasteiger partial charge is 0.333 e. The zero-order valence-corrected chi connectivity index (χ0v) is 11.4. The lowest BCUT2D eigenvalue weighted by Crippen LogP contribution is -2.40. The third kappa shape index (κ3) is 2.83. The summed E-state index contributed by atoms with van der Waals surface area (Å²) in [4.78, 5) is 11.6. The third-order valence-electron chi connectivity index (χ3n) is 3.95. The molecule has 0 radical (unpaired) electrons. The highest BCUT2D eigenvalue weighted by atomic mass is 16.6. The van der Waals surface area contributed by atoms with E-state index in [1.807, 2.05) is 30.3 Å². The average Bonchev–Trinajstić information content (AvgIpc) is 2.54. The van der Waals surface area contributed by atoms with Crippen LogP contribution in [0.4, 0.5) is 0 Å². The van der Waals surface area contributed by atoms with E-state index in [2.05, 4.69) is 6.07 Å². The lowest BCUT2D eigenvalue weighted by molar-refractivity contribution is -0.165. The molecule has 4 heteroatoms. The molecule has 20 heavy (non-hydrogen) atoms. The Labute approximate surface area is 119 Å². The number of hydrogen-bond acceptors (Lipinski definition) is 4. The maximum Gasteiger partial charge on any atom is 0.333 e. The van der Waals surface area contributed by atoms with E-state index in [0.717, 1.165) is 32.1 Å². The van der Waals surface area contributed by atoms with Crippen LogP contribution < -0.4 is 0 Å². The second-order valence-electron chi connectivity index (χ2n) is 5.18. The summed E-state index contributed by atoms with van der Waals surface area (Å²) < 4.78 is 5.41. The molecule has 1 aliphatic carbocycles. The van der Waals surface area contributed by atoms with E-state index in [1.165, 1.54) is 0 Å². The van der Waals surface area contributed by atoms with Crippen molar-refractivity contribution in [2.45, 2.75) is 37.7 Å². The van der Waals surface area contributed by atoms with E-state index in [0.29, 0.717) is 5.56 Å². The van der Waals surface area contributed by atoms with Gasteiger partial charge < -0.3 is 9.84 Å². The van der Waals surface area contributed by atoms with Gasteiger partial charge in [-0.15, -0.1) is 0 Å². The van der Waals surface area contributed by atoms with E-state index >= 15 is 0 Å². The van der Waals surface area contributed by atoms with Crippen LogP contribution in [0.15, 0.2) is 30.3 Å². The topological polar surface area (TPSA) is 70.3 Å². The van der Waals surface area contributed by atoms with E-state index in [-0.39, 0.29) is 5.92 Å². The van der Waals surface area contributed by atoms with Gasteiger partial charge in [0.15, 0.2) is 0 Å². The van der Waals surface area contributed by atoms with Gasteiger partial charge in [0.25, 0.3) is 0 Å². The van der Waals surface area contributed by atoms with Gasteiger partial charge in [-0.1, -0.05) is 49.6 Å². The summed E-state index contributed by atoms with van der Waals surface area (Å²) in [6, 6.07) is 11.4.